The number of ether oxygens (including phenoxy) is 2. The summed E-state index contributed by atoms with van der Waals surface area (Å²) in [5.74, 6) is 1.69. The summed E-state index contributed by atoms with van der Waals surface area (Å²) in [6.07, 6.45) is 2.24. The normalized spacial score (nSPS) is 19.6. The smallest absolute Gasteiger partial charge is 0.221 e. The second kappa shape index (κ2) is 9.11. The van der Waals surface area contributed by atoms with Crippen LogP contribution >= 0.6 is 0 Å². The fourth-order valence-electron chi connectivity index (χ4n) is 3.52. The number of para-hydroxylation sites is 1. The van der Waals surface area contributed by atoms with Crippen molar-refractivity contribution in [2.24, 2.45) is 0 Å². The zero-order valence-electron chi connectivity index (χ0n) is 15.9. The summed E-state index contributed by atoms with van der Waals surface area (Å²) in [5, 5.41) is 14.9. The maximum atomic E-state index is 12.3. The molecule has 1 N–H and O–H groups in total. The first-order valence-corrected chi connectivity index (χ1v) is 9.84. The molecule has 0 aliphatic carbocycles. The number of nitrogens with one attached hydrogen (secondary N) is 1. The van der Waals surface area contributed by atoms with Crippen molar-refractivity contribution in [2.75, 3.05) is 32.8 Å². The van der Waals surface area contributed by atoms with Crippen molar-refractivity contribution >= 4 is 5.91 Å². The third kappa shape index (κ3) is 4.85. The number of morpholine rings is 1. The molecule has 2 aliphatic rings. The maximum absolute atomic E-state index is 12.3. The van der Waals surface area contributed by atoms with Gasteiger partial charge in [-0.15, -0.1) is 5.10 Å². The number of fused-ring (bicyclic) bond motifs is 1. The number of nitrogens with zero attached hydrogens (tertiary/aromatic N) is 5. The average molecular weight is 386 g/mol. The topological polar surface area (TPSA) is 94.4 Å². The van der Waals surface area contributed by atoms with Crippen LogP contribution in [0.5, 0.6) is 5.75 Å². The highest BCUT2D eigenvalue weighted by molar-refractivity contribution is 5.75. The summed E-state index contributed by atoms with van der Waals surface area (Å²) < 4.78 is 13.0. The lowest BCUT2D eigenvalue weighted by Crippen LogP contribution is -2.38. The minimum Gasteiger partial charge on any atom is -0.488 e. The van der Waals surface area contributed by atoms with Gasteiger partial charge in [-0.25, -0.2) is 4.68 Å². The molecule has 9 nitrogen and oxygen atoms in total. The van der Waals surface area contributed by atoms with E-state index in [4.69, 9.17) is 9.47 Å². The Morgan fingerprint density at radius 2 is 2.11 bits per heavy atom. The van der Waals surface area contributed by atoms with Crippen molar-refractivity contribution in [1.29, 1.82) is 0 Å². The minimum absolute atomic E-state index is 0.0174. The van der Waals surface area contributed by atoms with E-state index in [9.17, 15) is 4.79 Å². The van der Waals surface area contributed by atoms with Crippen LogP contribution in [-0.4, -0.2) is 70.0 Å². The first-order chi connectivity index (χ1) is 13.8. The number of aromatic nitrogens is 4. The zero-order valence-corrected chi connectivity index (χ0v) is 15.9. The second-order valence-corrected chi connectivity index (χ2v) is 7.15. The Labute approximate surface area is 164 Å². The molecule has 1 amide bonds. The van der Waals surface area contributed by atoms with Crippen LogP contribution in [0.2, 0.25) is 0 Å². The van der Waals surface area contributed by atoms with Crippen LogP contribution < -0.4 is 10.1 Å². The summed E-state index contributed by atoms with van der Waals surface area (Å²) >= 11 is 0. The lowest BCUT2D eigenvalue weighted by Gasteiger charge is -2.26. The van der Waals surface area contributed by atoms with Crippen LogP contribution in [0.1, 0.15) is 24.2 Å². The highest BCUT2D eigenvalue weighted by Gasteiger charge is 2.20. The average Bonchev–Trinajstić information content (AvgIpc) is 3.18. The molecule has 28 heavy (non-hydrogen) atoms. The molecule has 0 spiro atoms. The van der Waals surface area contributed by atoms with Gasteiger partial charge in [0.25, 0.3) is 0 Å². The number of carbonyl (C=O) groups is 1. The van der Waals surface area contributed by atoms with Crippen LogP contribution in [0.4, 0.5) is 0 Å². The molecule has 4 rings (SSSR count). The highest BCUT2D eigenvalue weighted by Crippen LogP contribution is 2.26. The van der Waals surface area contributed by atoms with Gasteiger partial charge >= 0.3 is 0 Å². The Hall–Kier alpha value is -2.52. The van der Waals surface area contributed by atoms with Gasteiger partial charge in [0.05, 0.1) is 32.8 Å². The molecule has 0 unspecified atom stereocenters. The largest absolute Gasteiger partial charge is 0.488 e. The maximum Gasteiger partial charge on any atom is 0.221 e. The summed E-state index contributed by atoms with van der Waals surface area (Å²) in [6, 6.07) is 8.07. The van der Waals surface area contributed by atoms with E-state index in [1.165, 1.54) is 5.56 Å². The van der Waals surface area contributed by atoms with E-state index in [1.807, 2.05) is 18.2 Å². The lowest BCUT2D eigenvalue weighted by atomic mass is 10.0. The predicted octanol–water partition coefficient (Wildman–Crippen LogP) is 0.405. The fraction of sp³-hybridized carbons (Fsp3) is 0.579. The van der Waals surface area contributed by atoms with Gasteiger partial charge in [-0.3, -0.25) is 9.69 Å². The number of carbonyl (C=O) groups excluding carboxylic acids is 1. The van der Waals surface area contributed by atoms with E-state index in [-0.39, 0.29) is 12.0 Å². The Balaban J connectivity index is 1.21. The number of benzene rings is 1. The number of rotatable bonds is 7. The molecule has 2 aliphatic heterocycles. The van der Waals surface area contributed by atoms with Crippen LogP contribution in [-0.2, 0) is 29.0 Å². The van der Waals surface area contributed by atoms with E-state index in [0.29, 0.717) is 26.1 Å². The van der Waals surface area contributed by atoms with Gasteiger partial charge < -0.3 is 14.8 Å². The van der Waals surface area contributed by atoms with E-state index in [2.05, 4.69) is 31.8 Å². The number of aryl methyl sites for hydroxylation is 2. The lowest BCUT2D eigenvalue weighted by molar-refractivity contribution is -0.121. The van der Waals surface area contributed by atoms with E-state index in [1.54, 1.807) is 4.68 Å². The molecule has 3 heterocycles. The van der Waals surface area contributed by atoms with Crippen LogP contribution in [0.3, 0.4) is 0 Å². The summed E-state index contributed by atoms with van der Waals surface area (Å²) in [5.41, 5.74) is 1.23. The molecule has 0 radical (unpaired) electrons. The van der Waals surface area contributed by atoms with Gasteiger partial charge in [-0.2, -0.15) is 0 Å². The van der Waals surface area contributed by atoms with E-state index >= 15 is 0 Å². The molecule has 1 fully saturated rings. The Morgan fingerprint density at radius 3 is 3.00 bits per heavy atom. The van der Waals surface area contributed by atoms with Crippen molar-refractivity contribution < 1.29 is 14.3 Å². The highest BCUT2D eigenvalue weighted by atomic mass is 16.5. The number of amides is 1. The Bertz CT molecular complexity index is 789. The van der Waals surface area contributed by atoms with E-state index < -0.39 is 0 Å². The first-order valence-electron chi connectivity index (χ1n) is 9.84. The SMILES string of the molecule is O=C(CCn1nnnc1CN1CCOCC1)NC[C@H]1CCc2ccccc2O1. The van der Waals surface area contributed by atoms with Crippen molar-refractivity contribution in [3.63, 3.8) is 0 Å². The van der Waals surface area contributed by atoms with Crippen molar-refractivity contribution in [2.45, 2.75) is 38.5 Å². The summed E-state index contributed by atoms with van der Waals surface area (Å²) in [7, 11) is 0. The molecule has 1 atom stereocenters. The Kier molecular flexibility index (Phi) is 6.13. The molecule has 1 saturated heterocycles. The number of tetrazole rings is 1. The van der Waals surface area contributed by atoms with Gasteiger partial charge in [0.1, 0.15) is 11.9 Å². The Morgan fingerprint density at radius 1 is 1.25 bits per heavy atom. The summed E-state index contributed by atoms with van der Waals surface area (Å²) in [6.45, 7) is 4.87. The molecule has 0 bridgehead atoms. The van der Waals surface area contributed by atoms with Gasteiger partial charge in [0.2, 0.25) is 5.91 Å². The quantitative estimate of drug-likeness (QED) is 0.736. The van der Waals surface area contributed by atoms with Crippen molar-refractivity contribution in [1.82, 2.24) is 30.4 Å². The van der Waals surface area contributed by atoms with Crippen LogP contribution in [0.25, 0.3) is 0 Å². The minimum atomic E-state index is -0.0183. The molecular formula is C19H26N6O3. The van der Waals surface area contributed by atoms with Crippen LogP contribution in [0.15, 0.2) is 24.3 Å². The third-order valence-electron chi connectivity index (χ3n) is 5.15. The number of hydrogen-bond donors (Lipinski definition) is 1. The van der Waals surface area contributed by atoms with Gasteiger partial charge in [0, 0.05) is 19.5 Å². The van der Waals surface area contributed by atoms with Gasteiger partial charge in [-0.1, -0.05) is 18.2 Å². The predicted molar refractivity (Wildman–Crippen MR) is 101 cm³/mol. The van der Waals surface area contributed by atoms with Crippen LogP contribution in [0, 0.1) is 0 Å². The second-order valence-electron chi connectivity index (χ2n) is 7.15. The standard InChI is InChI=1S/C19H26N6O3/c26-19(20-13-16-6-5-15-3-1-2-4-17(15)28-16)7-8-25-18(21-22-23-25)14-24-9-11-27-12-10-24/h1-4,16H,5-14H2,(H,20,26)/t16-/m1/s1. The van der Waals surface area contributed by atoms with Gasteiger partial charge in [0.15, 0.2) is 5.82 Å². The van der Waals surface area contributed by atoms with Crippen molar-refractivity contribution in [3.05, 3.63) is 35.7 Å². The first kappa shape index (κ1) is 18.8. The zero-order chi connectivity index (χ0) is 19.2. The fourth-order valence-corrected chi connectivity index (χ4v) is 3.52. The molecule has 1 aromatic carbocycles. The van der Waals surface area contributed by atoms with Crippen molar-refractivity contribution in [3.8, 4) is 5.75 Å². The van der Waals surface area contributed by atoms with Gasteiger partial charge in [-0.05, 0) is 34.9 Å². The molecule has 150 valence electrons. The van der Waals surface area contributed by atoms with E-state index in [0.717, 1.165) is 50.7 Å². The molecule has 9 heteroatoms. The summed E-state index contributed by atoms with van der Waals surface area (Å²) in [4.78, 5) is 14.5. The third-order valence-corrected chi connectivity index (χ3v) is 5.15. The number of hydrogen-bond acceptors (Lipinski definition) is 7. The monoisotopic (exact) mass is 386 g/mol. The molecule has 0 saturated carbocycles. The molecular weight excluding hydrogens is 360 g/mol. The molecule has 2 aromatic rings. The molecule has 1 aromatic heterocycles.